The number of carbonyl (C=O) groups is 1. The van der Waals surface area contributed by atoms with Crippen molar-refractivity contribution in [3.8, 4) is 0 Å². The molecule has 26 heavy (non-hydrogen) atoms. The standard InChI is InChI=1S/C21H32N4O/c1-7-19(8-2)25(20-10-9-16(3)17(4)11-20)15-21(26)23(5)13-18-12-22-24(6)14-18/h9-12,14,19H,7-8,13,15H2,1-6H3. The molecule has 2 rings (SSSR count). The zero-order chi connectivity index (χ0) is 19.3. The molecule has 0 aliphatic carbocycles. The summed E-state index contributed by atoms with van der Waals surface area (Å²) in [5.74, 6) is 0.124. The van der Waals surface area contributed by atoms with Gasteiger partial charge < -0.3 is 9.80 Å². The maximum Gasteiger partial charge on any atom is 0.242 e. The fourth-order valence-electron chi connectivity index (χ4n) is 3.25. The highest BCUT2D eigenvalue weighted by Gasteiger charge is 2.21. The SMILES string of the molecule is CCC(CC)N(CC(=O)N(C)Cc1cnn(C)c1)c1ccc(C)c(C)c1. The summed E-state index contributed by atoms with van der Waals surface area (Å²) >= 11 is 0. The van der Waals surface area contributed by atoms with E-state index in [1.54, 1.807) is 9.58 Å². The van der Waals surface area contributed by atoms with Gasteiger partial charge in [-0.15, -0.1) is 0 Å². The molecule has 0 saturated carbocycles. The van der Waals surface area contributed by atoms with Gasteiger partial charge in [-0.1, -0.05) is 19.9 Å². The van der Waals surface area contributed by atoms with Crippen molar-refractivity contribution in [1.29, 1.82) is 0 Å². The molecule has 0 aliphatic heterocycles. The van der Waals surface area contributed by atoms with E-state index in [-0.39, 0.29) is 5.91 Å². The van der Waals surface area contributed by atoms with Crippen molar-refractivity contribution in [3.63, 3.8) is 0 Å². The van der Waals surface area contributed by atoms with Crippen LogP contribution in [0.4, 0.5) is 5.69 Å². The third kappa shape index (κ3) is 4.87. The molecule has 0 N–H and O–H groups in total. The molecular weight excluding hydrogens is 324 g/mol. The number of amides is 1. The molecular formula is C21H32N4O. The number of benzene rings is 1. The summed E-state index contributed by atoms with van der Waals surface area (Å²) in [6, 6.07) is 6.83. The first-order chi connectivity index (χ1) is 12.3. The molecule has 0 saturated heterocycles. The Kier molecular flexibility index (Phi) is 6.83. The molecule has 0 spiro atoms. The molecule has 1 aromatic heterocycles. The van der Waals surface area contributed by atoms with Crippen molar-refractivity contribution in [2.24, 2.45) is 7.05 Å². The van der Waals surface area contributed by atoms with Crippen LogP contribution in [0.5, 0.6) is 0 Å². The first-order valence-corrected chi connectivity index (χ1v) is 9.41. The second-order valence-electron chi connectivity index (χ2n) is 7.14. The first kappa shape index (κ1) is 20.0. The number of likely N-dealkylation sites (N-methyl/N-ethyl adjacent to an activating group) is 1. The van der Waals surface area contributed by atoms with Crippen LogP contribution in [0, 0.1) is 13.8 Å². The lowest BCUT2D eigenvalue weighted by Gasteiger charge is -2.34. The number of rotatable bonds is 8. The van der Waals surface area contributed by atoms with Gasteiger partial charge in [-0.25, -0.2) is 0 Å². The summed E-state index contributed by atoms with van der Waals surface area (Å²) in [6.45, 7) is 9.59. The lowest BCUT2D eigenvalue weighted by molar-refractivity contribution is -0.129. The van der Waals surface area contributed by atoms with Crippen LogP contribution in [-0.2, 0) is 18.4 Å². The molecule has 0 fully saturated rings. The van der Waals surface area contributed by atoms with Gasteiger partial charge in [0.05, 0.1) is 12.7 Å². The summed E-state index contributed by atoms with van der Waals surface area (Å²) in [5.41, 5.74) is 4.71. The predicted octanol–water partition coefficient (Wildman–Crippen LogP) is 3.69. The Labute approximate surface area is 157 Å². The van der Waals surface area contributed by atoms with Gasteiger partial charge in [0.2, 0.25) is 5.91 Å². The average molecular weight is 357 g/mol. The van der Waals surface area contributed by atoms with E-state index in [4.69, 9.17) is 0 Å². The summed E-state index contributed by atoms with van der Waals surface area (Å²) in [7, 11) is 3.75. The number of hydrogen-bond acceptors (Lipinski definition) is 3. The van der Waals surface area contributed by atoms with Gasteiger partial charge in [0.15, 0.2) is 0 Å². The lowest BCUT2D eigenvalue weighted by Crippen LogP contribution is -2.43. The minimum absolute atomic E-state index is 0.124. The molecule has 0 radical (unpaired) electrons. The monoisotopic (exact) mass is 356 g/mol. The van der Waals surface area contributed by atoms with Crippen molar-refractivity contribution in [2.75, 3.05) is 18.5 Å². The summed E-state index contributed by atoms with van der Waals surface area (Å²) in [6.07, 6.45) is 5.80. The highest BCUT2D eigenvalue weighted by Crippen LogP contribution is 2.23. The normalized spacial score (nSPS) is 11.0. The Morgan fingerprint density at radius 3 is 2.42 bits per heavy atom. The van der Waals surface area contributed by atoms with Gasteiger partial charge in [0.1, 0.15) is 0 Å². The van der Waals surface area contributed by atoms with E-state index in [0.717, 1.165) is 24.1 Å². The van der Waals surface area contributed by atoms with Crippen molar-refractivity contribution < 1.29 is 4.79 Å². The quantitative estimate of drug-likeness (QED) is 0.724. The van der Waals surface area contributed by atoms with Crippen LogP contribution in [0.15, 0.2) is 30.6 Å². The largest absolute Gasteiger partial charge is 0.359 e. The van der Waals surface area contributed by atoms with Gasteiger partial charge in [-0.05, 0) is 49.9 Å². The van der Waals surface area contributed by atoms with Crippen LogP contribution in [0.3, 0.4) is 0 Å². The van der Waals surface area contributed by atoms with E-state index in [1.807, 2.05) is 26.5 Å². The molecule has 142 valence electrons. The van der Waals surface area contributed by atoms with E-state index >= 15 is 0 Å². The maximum atomic E-state index is 12.9. The first-order valence-electron chi connectivity index (χ1n) is 9.41. The molecule has 0 atom stereocenters. The fourth-order valence-corrected chi connectivity index (χ4v) is 3.25. The van der Waals surface area contributed by atoms with Crippen molar-refractivity contribution in [2.45, 2.75) is 53.1 Å². The summed E-state index contributed by atoms with van der Waals surface area (Å²) in [4.78, 5) is 16.9. The zero-order valence-electron chi connectivity index (χ0n) is 17.0. The Balaban J connectivity index is 2.17. The van der Waals surface area contributed by atoms with E-state index in [1.165, 1.54) is 11.1 Å². The number of nitrogens with zero attached hydrogens (tertiary/aromatic N) is 4. The highest BCUT2D eigenvalue weighted by molar-refractivity contribution is 5.81. The molecule has 0 aliphatic rings. The van der Waals surface area contributed by atoms with Crippen molar-refractivity contribution in [1.82, 2.24) is 14.7 Å². The highest BCUT2D eigenvalue weighted by atomic mass is 16.2. The number of anilines is 1. The lowest BCUT2D eigenvalue weighted by atomic mass is 10.1. The van der Waals surface area contributed by atoms with E-state index in [0.29, 0.717) is 19.1 Å². The molecule has 1 heterocycles. The summed E-state index contributed by atoms with van der Waals surface area (Å²) in [5, 5.41) is 4.18. The van der Waals surface area contributed by atoms with Crippen LogP contribution in [0.25, 0.3) is 0 Å². The van der Waals surface area contributed by atoms with Crippen LogP contribution >= 0.6 is 0 Å². The third-order valence-electron chi connectivity index (χ3n) is 5.11. The average Bonchev–Trinajstić information content (AvgIpc) is 3.02. The Morgan fingerprint density at radius 2 is 1.88 bits per heavy atom. The smallest absolute Gasteiger partial charge is 0.242 e. The minimum Gasteiger partial charge on any atom is -0.359 e. The van der Waals surface area contributed by atoms with Crippen LogP contribution in [-0.4, -0.2) is 40.2 Å². The summed E-state index contributed by atoms with van der Waals surface area (Å²) < 4.78 is 1.76. The van der Waals surface area contributed by atoms with Gasteiger partial charge in [-0.3, -0.25) is 9.48 Å². The van der Waals surface area contributed by atoms with Gasteiger partial charge >= 0.3 is 0 Å². The molecule has 1 aromatic carbocycles. The van der Waals surface area contributed by atoms with Crippen LogP contribution in [0.2, 0.25) is 0 Å². The molecule has 0 unspecified atom stereocenters. The molecule has 0 bridgehead atoms. The zero-order valence-corrected chi connectivity index (χ0v) is 17.0. The van der Waals surface area contributed by atoms with Gasteiger partial charge in [0, 0.05) is 44.1 Å². The third-order valence-corrected chi connectivity index (χ3v) is 5.11. The Morgan fingerprint density at radius 1 is 1.19 bits per heavy atom. The second-order valence-corrected chi connectivity index (χ2v) is 7.14. The number of hydrogen-bond donors (Lipinski definition) is 0. The molecule has 5 heteroatoms. The van der Waals surface area contributed by atoms with Crippen molar-refractivity contribution in [3.05, 3.63) is 47.3 Å². The minimum atomic E-state index is 0.124. The second kappa shape index (κ2) is 8.88. The predicted molar refractivity (Wildman–Crippen MR) is 107 cm³/mol. The van der Waals surface area contributed by atoms with E-state index < -0.39 is 0 Å². The van der Waals surface area contributed by atoms with Crippen LogP contribution in [0.1, 0.15) is 43.4 Å². The Bertz CT molecular complexity index is 733. The fraction of sp³-hybridized carbons (Fsp3) is 0.524. The number of carbonyl (C=O) groups excluding carboxylic acids is 1. The van der Waals surface area contributed by atoms with Crippen LogP contribution < -0.4 is 4.90 Å². The number of aryl methyl sites for hydroxylation is 3. The molecule has 2 aromatic rings. The van der Waals surface area contributed by atoms with Gasteiger partial charge in [-0.2, -0.15) is 5.10 Å². The van der Waals surface area contributed by atoms with Gasteiger partial charge in [0.25, 0.3) is 0 Å². The maximum absolute atomic E-state index is 12.9. The van der Waals surface area contributed by atoms with E-state index in [2.05, 4.69) is 55.9 Å². The van der Waals surface area contributed by atoms with Crippen molar-refractivity contribution >= 4 is 11.6 Å². The number of aromatic nitrogens is 2. The van der Waals surface area contributed by atoms with E-state index in [9.17, 15) is 4.79 Å². The topological polar surface area (TPSA) is 41.4 Å². The Hall–Kier alpha value is -2.30. The molecule has 1 amide bonds. The molecule has 5 nitrogen and oxygen atoms in total.